The number of methoxy groups -OCH3 is 1. The number of ether oxygens (including phenoxy) is 1. The number of aromatic nitrogens is 1. The molecule has 0 atom stereocenters. The lowest BCUT2D eigenvalue weighted by Crippen LogP contribution is -2.34. The number of carbonyl (C=O) groups excluding carboxylic acids is 1. The number of hydrogen-bond acceptors (Lipinski definition) is 5. The summed E-state index contributed by atoms with van der Waals surface area (Å²) in [5.74, 6) is -1.51. The molecule has 26 heavy (non-hydrogen) atoms. The van der Waals surface area contributed by atoms with Gasteiger partial charge in [-0.15, -0.1) is 11.8 Å². The second-order valence-corrected chi connectivity index (χ2v) is 8.68. The van der Waals surface area contributed by atoms with Crippen molar-refractivity contribution >= 4 is 23.5 Å². The molecule has 0 unspecified atom stereocenters. The van der Waals surface area contributed by atoms with Crippen LogP contribution in [0.1, 0.15) is 33.5 Å². The van der Waals surface area contributed by atoms with Crippen molar-refractivity contribution in [1.82, 2.24) is 5.16 Å². The molecule has 0 spiro atoms. The van der Waals surface area contributed by atoms with Gasteiger partial charge in [-0.1, -0.05) is 25.1 Å². The van der Waals surface area contributed by atoms with Crippen molar-refractivity contribution in [3.8, 4) is 0 Å². The van der Waals surface area contributed by atoms with Gasteiger partial charge >= 0.3 is 0 Å². The number of nitrogens with one attached hydrogen (secondary N) is 1. The van der Waals surface area contributed by atoms with E-state index in [2.05, 4.69) is 10.5 Å². The Balaban J connectivity index is 2.11. The number of halogens is 2. The number of anilines is 1. The van der Waals surface area contributed by atoms with Crippen molar-refractivity contribution in [2.24, 2.45) is 0 Å². The number of hydrogen-bond donors (Lipinski definition) is 1. The fourth-order valence-corrected chi connectivity index (χ4v) is 3.26. The molecule has 0 saturated heterocycles. The van der Waals surface area contributed by atoms with Gasteiger partial charge in [0.2, 0.25) is 5.91 Å². The van der Waals surface area contributed by atoms with Crippen LogP contribution < -0.4 is 5.32 Å². The van der Waals surface area contributed by atoms with E-state index in [-0.39, 0.29) is 10.7 Å². The summed E-state index contributed by atoms with van der Waals surface area (Å²) in [6, 6.07) is 5.49. The smallest absolute Gasteiger partial charge is 0.241 e. The monoisotopic (exact) mass is 384 g/mol. The first-order valence-electron chi connectivity index (χ1n) is 7.97. The van der Waals surface area contributed by atoms with Crippen LogP contribution in [-0.2, 0) is 14.9 Å². The Labute approximate surface area is 155 Å². The summed E-state index contributed by atoms with van der Waals surface area (Å²) in [4.78, 5) is 12.6. The zero-order chi connectivity index (χ0) is 19.5. The van der Waals surface area contributed by atoms with Crippen molar-refractivity contribution in [1.29, 1.82) is 0 Å². The van der Waals surface area contributed by atoms with E-state index >= 15 is 0 Å². The van der Waals surface area contributed by atoms with Crippen LogP contribution in [0.2, 0.25) is 0 Å². The summed E-state index contributed by atoms with van der Waals surface area (Å²) in [6.07, 6.45) is 0. The second kappa shape index (κ2) is 7.75. The van der Waals surface area contributed by atoms with Crippen molar-refractivity contribution < 1.29 is 22.8 Å². The molecule has 1 N–H and O–H groups in total. The van der Waals surface area contributed by atoms with E-state index in [1.54, 1.807) is 27.0 Å². The summed E-state index contributed by atoms with van der Waals surface area (Å²) in [7, 11) is 1.59. The highest BCUT2D eigenvalue weighted by molar-refractivity contribution is 8.01. The van der Waals surface area contributed by atoms with Crippen LogP contribution in [0.15, 0.2) is 33.7 Å². The molecule has 0 aliphatic carbocycles. The minimum absolute atomic E-state index is 0.0622. The molecule has 0 saturated carbocycles. The molecular formula is C18H22F2N2O3S. The van der Waals surface area contributed by atoms with Gasteiger partial charge < -0.3 is 14.6 Å². The maximum absolute atomic E-state index is 13.9. The molecule has 8 heteroatoms. The predicted molar refractivity (Wildman–Crippen MR) is 96.3 cm³/mol. The molecule has 2 rings (SSSR count). The number of rotatable bonds is 7. The molecular weight excluding hydrogens is 362 g/mol. The highest BCUT2D eigenvalue weighted by atomic mass is 32.2. The number of thioether (sulfide) groups is 1. The standard InChI is InChI=1S/C18H22F2N2O3S/c1-17(2,10-24-5)13-9-14(22-25-13)21-16(23)18(3,4)26-12-8-6-7-11(19)15(12)20/h6-9H,10H2,1-5H3,(H,21,22,23). The van der Waals surface area contributed by atoms with Gasteiger partial charge in [0.05, 0.1) is 11.4 Å². The van der Waals surface area contributed by atoms with Crippen molar-refractivity contribution in [2.45, 2.75) is 42.8 Å². The van der Waals surface area contributed by atoms with Gasteiger partial charge in [0.1, 0.15) is 5.76 Å². The lowest BCUT2D eigenvalue weighted by Gasteiger charge is -2.22. The van der Waals surface area contributed by atoms with Gasteiger partial charge in [-0.2, -0.15) is 0 Å². The normalized spacial score (nSPS) is 12.3. The lowest BCUT2D eigenvalue weighted by atomic mass is 9.91. The molecule has 0 aliphatic heterocycles. The molecule has 0 fully saturated rings. The van der Waals surface area contributed by atoms with Gasteiger partial charge in [-0.3, -0.25) is 4.79 Å². The SMILES string of the molecule is COCC(C)(C)c1cc(NC(=O)C(C)(C)Sc2cccc(F)c2F)no1. The van der Waals surface area contributed by atoms with E-state index in [0.717, 1.165) is 17.8 Å². The third kappa shape index (κ3) is 4.62. The zero-order valence-electron chi connectivity index (χ0n) is 15.4. The predicted octanol–water partition coefficient (Wildman–Crippen LogP) is 4.39. The Morgan fingerprint density at radius 1 is 1.31 bits per heavy atom. The second-order valence-electron chi connectivity index (χ2n) is 7.01. The van der Waals surface area contributed by atoms with E-state index < -0.39 is 27.7 Å². The first-order valence-corrected chi connectivity index (χ1v) is 8.79. The van der Waals surface area contributed by atoms with Gasteiger partial charge in [0.15, 0.2) is 17.5 Å². The average molecular weight is 384 g/mol. The van der Waals surface area contributed by atoms with E-state index in [9.17, 15) is 13.6 Å². The quantitative estimate of drug-likeness (QED) is 0.718. The van der Waals surface area contributed by atoms with Crippen LogP contribution in [0.25, 0.3) is 0 Å². The first kappa shape index (κ1) is 20.4. The fraction of sp³-hybridized carbons (Fsp3) is 0.444. The molecule has 1 heterocycles. The van der Waals surface area contributed by atoms with Crippen LogP contribution in [0.4, 0.5) is 14.6 Å². The number of benzene rings is 1. The maximum Gasteiger partial charge on any atom is 0.241 e. The molecule has 0 bridgehead atoms. The third-order valence-corrected chi connectivity index (χ3v) is 4.98. The summed E-state index contributed by atoms with van der Waals surface area (Å²) >= 11 is 0.929. The topological polar surface area (TPSA) is 64.4 Å². The van der Waals surface area contributed by atoms with Crippen LogP contribution in [0.5, 0.6) is 0 Å². The van der Waals surface area contributed by atoms with E-state index in [0.29, 0.717) is 12.4 Å². The average Bonchev–Trinajstić information content (AvgIpc) is 3.01. The van der Waals surface area contributed by atoms with Gasteiger partial charge in [0.25, 0.3) is 0 Å². The van der Waals surface area contributed by atoms with Crippen molar-refractivity contribution in [3.63, 3.8) is 0 Å². The number of nitrogens with zero attached hydrogens (tertiary/aromatic N) is 1. The molecule has 1 amide bonds. The molecule has 1 aromatic heterocycles. The van der Waals surface area contributed by atoms with Gasteiger partial charge in [-0.05, 0) is 26.0 Å². The first-order chi connectivity index (χ1) is 12.1. The van der Waals surface area contributed by atoms with Crippen LogP contribution in [-0.4, -0.2) is 29.5 Å². The summed E-state index contributed by atoms with van der Waals surface area (Å²) < 4.78 is 36.6. The third-order valence-electron chi connectivity index (χ3n) is 3.75. The fourth-order valence-electron chi connectivity index (χ4n) is 2.24. The zero-order valence-corrected chi connectivity index (χ0v) is 16.2. The Morgan fingerprint density at radius 3 is 2.65 bits per heavy atom. The van der Waals surface area contributed by atoms with Crippen LogP contribution >= 0.6 is 11.8 Å². The van der Waals surface area contributed by atoms with Gasteiger partial charge in [-0.25, -0.2) is 8.78 Å². The molecule has 0 aliphatic rings. The molecule has 142 valence electrons. The van der Waals surface area contributed by atoms with Crippen LogP contribution in [0.3, 0.4) is 0 Å². The van der Waals surface area contributed by atoms with Crippen LogP contribution in [0, 0.1) is 11.6 Å². The Morgan fingerprint density at radius 2 is 2.00 bits per heavy atom. The Bertz CT molecular complexity index is 790. The summed E-state index contributed by atoms with van der Waals surface area (Å²) in [6.45, 7) is 7.51. The lowest BCUT2D eigenvalue weighted by molar-refractivity contribution is -0.117. The van der Waals surface area contributed by atoms with E-state index in [1.165, 1.54) is 12.1 Å². The summed E-state index contributed by atoms with van der Waals surface area (Å²) in [5, 5.41) is 6.50. The van der Waals surface area contributed by atoms with Crippen molar-refractivity contribution in [2.75, 3.05) is 19.0 Å². The molecule has 2 aromatic rings. The minimum Gasteiger partial charge on any atom is -0.384 e. The minimum atomic E-state index is -1.06. The summed E-state index contributed by atoms with van der Waals surface area (Å²) in [5.41, 5.74) is -0.403. The highest BCUT2D eigenvalue weighted by Gasteiger charge is 2.32. The van der Waals surface area contributed by atoms with E-state index in [1.807, 2.05) is 13.8 Å². The highest BCUT2D eigenvalue weighted by Crippen LogP contribution is 2.36. The molecule has 0 radical (unpaired) electrons. The number of carbonyl (C=O) groups is 1. The van der Waals surface area contributed by atoms with Gasteiger partial charge in [0, 0.05) is 23.5 Å². The number of amides is 1. The largest absolute Gasteiger partial charge is 0.384 e. The molecule has 1 aromatic carbocycles. The Kier molecular flexibility index (Phi) is 6.08. The Hall–Kier alpha value is -1.93. The van der Waals surface area contributed by atoms with Crippen molar-refractivity contribution in [3.05, 3.63) is 41.7 Å². The van der Waals surface area contributed by atoms with E-state index in [4.69, 9.17) is 9.26 Å². The molecule has 5 nitrogen and oxygen atoms in total. The maximum atomic E-state index is 13.9.